The number of methoxy groups -OCH3 is 1. The lowest BCUT2D eigenvalue weighted by atomic mass is 9.49. The minimum atomic E-state index is -0.400. The predicted molar refractivity (Wildman–Crippen MR) is 125 cm³/mol. The van der Waals surface area contributed by atoms with Gasteiger partial charge in [0.15, 0.2) is 0 Å². The van der Waals surface area contributed by atoms with Gasteiger partial charge in [-0.3, -0.25) is 4.79 Å². The molecule has 168 valence electrons. The number of piperidine rings is 1. The highest BCUT2D eigenvalue weighted by Crippen LogP contribution is 2.65. The van der Waals surface area contributed by atoms with E-state index in [2.05, 4.69) is 50.8 Å². The molecule has 1 heterocycles. The molecule has 1 aromatic rings. The molecule has 1 aliphatic heterocycles. The summed E-state index contributed by atoms with van der Waals surface area (Å²) in [6, 6.07) is 8.25. The first-order valence-corrected chi connectivity index (χ1v) is 12.4. The van der Waals surface area contributed by atoms with Crippen LogP contribution in [0.2, 0.25) is 0 Å². The summed E-state index contributed by atoms with van der Waals surface area (Å²) in [6.45, 7) is 9.44. The number of benzene rings is 1. The van der Waals surface area contributed by atoms with Gasteiger partial charge in [0.2, 0.25) is 5.91 Å². The third kappa shape index (κ3) is 3.02. The Bertz CT molecular complexity index is 917. The lowest BCUT2D eigenvalue weighted by molar-refractivity contribution is -0.143. The van der Waals surface area contributed by atoms with E-state index in [-0.39, 0.29) is 11.3 Å². The van der Waals surface area contributed by atoms with Crippen LogP contribution in [0.25, 0.3) is 0 Å². The summed E-state index contributed by atoms with van der Waals surface area (Å²) < 4.78 is 5.49. The van der Waals surface area contributed by atoms with Gasteiger partial charge < -0.3 is 9.64 Å². The number of allylic oxidation sites excluding steroid dienone is 2. The summed E-state index contributed by atoms with van der Waals surface area (Å²) in [7, 11) is 1.71. The first-order valence-electron chi connectivity index (χ1n) is 12.4. The van der Waals surface area contributed by atoms with E-state index < -0.39 is 5.54 Å². The molecular formula is C28H39NO2. The molecule has 0 N–H and O–H groups in total. The van der Waals surface area contributed by atoms with Crippen LogP contribution in [0.1, 0.15) is 84.6 Å². The van der Waals surface area contributed by atoms with E-state index in [1.165, 1.54) is 37.8 Å². The minimum Gasteiger partial charge on any atom is -0.497 e. The molecule has 0 bridgehead atoms. The van der Waals surface area contributed by atoms with Crippen molar-refractivity contribution in [3.63, 3.8) is 0 Å². The Balaban J connectivity index is 1.55. The van der Waals surface area contributed by atoms with Crippen LogP contribution < -0.4 is 4.74 Å². The summed E-state index contributed by atoms with van der Waals surface area (Å²) >= 11 is 0. The summed E-state index contributed by atoms with van der Waals surface area (Å²) in [4.78, 5) is 15.6. The van der Waals surface area contributed by atoms with Crippen molar-refractivity contribution >= 4 is 5.91 Å². The van der Waals surface area contributed by atoms with Gasteiger partial charge in [0, 0.05) is 17.5 Å². The molecule has 0 unspecified atom stereocenters. The van der Waals surface area contributed by atoms with E-state index in [1.807, 2.05) is 12.1 Å². The van der Waals surface area contributed by atoms with E-state index >= 15 is 0 Å². The Morgan fingerprint density at radius 1 is 1.10 bits per heavy atom. The zero-order valence-corrected chi connectivity index (χ0v) is 20.0. The molecule has 5 atom stereocenters. The maximum absolute atomic E-state index is 13.4. The standard InChI is InChI=1S/C28H39NO2/c1-26(2,19-8-6-9-20(18-19)31-5)29-24-12-11-21-22-10-7-15-27(22,3)16-13-23(21)28(24,4)17-14-25(29)30/h6,8-9,12,18,21-23H,7,10-11,13-17H2,1-5H3/t21-,22-,23-,27-,28+/m0/s1. The van der Waals surface area contributed by atoms with E-state index in [0.29, 0.717) is 17.8 Å². The van der Waals surface area contributed by atoms with Crippen molar-refractivity contribution in [3.8, 4) is 5.75 Å². The van der Waals surface area contributed by atoms with Crippen molar-refractivity contribution in [2.45, 2.75) is 84.6 Å². The molecule has 31 heavy (non-hydrogen) atoms. The Morgan fingerprint density at radius 2 is 1.90 bits per heavy atom. The summed E-state index contributed by atoms with van der Waals surface area (Å²) in [5, 5.41) is 0. The number of hydrogen-bond donors (Lipinski definition) is 0. The molecule has 0 spiro atoms. The maximum atomic E-state index is 13.4. The number of fused-ring (bicyclic) bond motifs is 5. The van der Waals surface area contributed by atoms with Gasteiger partial charge in [0.1, 0.15) is 5.75 Å². The molecule has 5 rings (SSSR count). The first kappa shape index (κ1) is 21.1. The number of nitrogens with zero attached hydrogens (tertiary/aromatic N) is 1. The molecule has 0 radical (unpaired) electrons. The van der Waals surface area contributed by atoms with E-state index in [9.17, 15) is 4.79 Å². The summed E-state index contributed by atoms with van der Waals surface area (Å²) in [5.41, 5.74) is 2.71. The maximum Gasteiger partial charge on any atom is 0.227 e. The van der Waals surface area contributed by atoms with Crippen molar-refractivity contribution in [1.82, 2.24) is 4.90 Å². The van der Waals surface area contributed by atoms with Crippen LogP contribution in [0.4, 0.5) is 0 Å². The third-order valence-corrected chi connectivity index (χ3v) is 9.89. The Hall–Kier alpha value is -1.77. The lowest BCUT2D eigenvalue weighted by Gasteiger charge is -2.60. The van der Waals surface area contributed by atoms with Gasteiger partial charge in [-0.05, 0) is 93.2 Å². The highest BCUT2D eigenvalue weighted by molar-refractivity contribution is 5.81. The fraction of sp³-hybridized carbons (Fsp3) is 0.679. The topological polar surface area (TPSA) is 29.5 Å². The average molecular weight is 422 g/mol. The van der Waals surface area contributed by atoms with Crippen molar-refractivity contribution in [2.24, 2.45) is 28.6 Å². The van der Waals surface area contributed by atoms with Gasteiger partial charge in [0.25, 0.3) is 0 Å². The van der Waals surface area contributed by atoms with Crippen LogP contribution in [0.15, 0.2) is 36.0 Å². The molecule has 1 aromatic carbocycles. The van der Waals surface area contributed by atoms with Gasteiger partial charge in [0.05, 0.1) is 12.6 Å². The number of ether oxygens (including phenoxy) is 1. The van der Waals surface area contributed by atoms with Crippen LogP contribution in [-0.2, 0) is 10.3 Å². The molecule has 0 aromatic heterocycles. The fourth-order valence-electron chi connectivity index (χ4n) is 8.09. The van der Waals surface area contributed by atoms with Crippen molar-refractivity contribution in [2.75, 3.05) is 7.11 Å². The fourth-order valence-corrected chi connectivity index (χ4v) is 8.09. The molecule has 4 aliphatic rings. The number of amides is 1. The van der Waals surface area contributed by atoms with E-state index in [1.54, 1.807) is 7.11 Å². The highest BCUT2D eigenvalue weighted by atomic mass is 16.5. The van der Waals surface area contributed by atoms with Crippen LogP contribution in [0.3, 0.4) is 0 Å². The normalized spacial score (nSPS) is 37.6. The summed E-state index contributed by atoms with van der Waals surface area (Å²) in [5.74, 6) is 3.50. The lowest BCUT2D eigenvalue weighted by Crippen LogP contribution is -2.57. The second-order valence-corrected chi connectivity index (χ2v) is 11.7. The van der Waals surface area contributed by atoms with Gasteiger partial charge in [-0.25, -0.2) is 0 Å². The number of likely N-dealkylation sites (tertiary alicyclic amines) is 1. The smallest absolute Gasteiger partial charge is 0.227 e. The number of rotatable bonds is 3. The predicted octanol–water partition coefficient (Wildman–Crippen LogP) is 6.68. The van der Waals surface area contributed by atoms with Gasteiger partial charge in [-0.1, -0.05) is 38.5 Å². The number of carbonyl (C=O) groups excluding carboxylic acids is 1. The molecule has 3 fully saturated rings. The third-order valence-electron chi connectivity index (χ3n) is 9.89. The second-order valence-electron chi connectivity index (χ2n) is 11.7. The SMILES string of the molecule is COc1cccc(C(C)(C)N2C(=O)CC[C@@]3(C)C2=CC[C@H]2[C@@H]4CCC[C@@]4(C)CC[C@@H]23)c1. The molecular weight excluding hydrogens is 382 g/mol. The largest absolute Gasteiger partial charge is 0.497 e. The van der Waals surface area contributed by atoms with Crippen molar-refractivity contribution in [3.05, 3.63) is 41.6 Å². The van der Waals surface area contributed by atoms with Gasteiger partial charge >= 0.3 is 0 Å². The minimum absolute atomic E-state index is 0.108. The highest BCUT2D eigenvalue weighted by Gasteiger charge is 2.58. The van der Waals surface area contributed by atoms with E-state index in [0.717, 1.165) is 36.0 Å². The molecule has 3 heteroatoms. The van der Waals surface area contributed by atoms with Gasteiger partial charge in [-0.2, -0.15) is 0 Å². The number of hydrogen-bond acceptors (Lipinski definition) is 2. The Morgan fingerprint density at radius 3 is 2.68 bits per heavy atom. The molecule has 3 aliphatic carbocycles. The second kappa shape index (κ2) is 7.12. The monoisotopic (exact) mass is 421 g/mol. The van der Waals surface area contributed by atoms with Crippen LogP contribution in [0, 0.1) is 28.6 Å². The van der Waals surface area contributed by atoms with Crippen LogP contribution in [-0.4, -0.2) is 17.9 Å². The van der Waals surface area contributed by atoms with Crippen LogP contribution in [0.5, 0.6) is 5.75 Å². The summed E-state index contributed by atoms with van der Waals surface area (Å²) in [6.07, 6.45) is 12.2. The molecule has 2 saturated carbocycles. The molecule has 1 saturated heterocycles. The van der Waals surface area contributed by atoms with Gasteiger partial charge in [-0.15, -0.1) is 0 Å². The van der Waals surface area contributed by atoms with Crippen molar-refractivity contribution < 1.29 is 9.53 Å². The zero-order valence-electron chi connectivity index (χ0n) is 20.0. The molecule has 1 amide bonds. The average Bonchev–Trinajstić information content (AvgIpc) is 3.16. The van der Waals surface area contributed by atoms with E-state index in [4.69, 9.17) is 4.74 Å². The Labute approximate surface area is 188 Å². The van der Waals surface area contributed by atoms with Crippen LogP contribution >= 0.6 is 0 Å². The number of carbonyl (C=O) groups is 1. The molecule has 3 nitrogen and oxygen atoms in total. The van der Waals surface area contributed by atoms with Crippen molar-refractivity contribution in [1.29, 1.82) is 0 Å². The Kier molecular flexibility index (Phi) is 4.84. The first-order chi connectivity index (χ1) is 14.7. The quantitative estimate of drug-likeness (QED) is 0.545. The zero-order chi connectivity index (χ0) is 22.0.